The minimum Gasteiger partial charge on any atom is -0.388 e. The molecule has 0 atom stereocenters. The van der Waals surface area contributed by atoms with Gasteiger partial charge in [0.05, 0.1) is 12.4 Å². The van der Waals surface area contributed by atoms with Crippen LogP contribution in [0.5, 0.6) is 0 Å². The molecule has 3 rings (SSSR count). The van der Waals surface area contributed by atoms with E-state index in [1.165, 1.54) is 10.8 Å². The number of aromatic nitrogens is 2. The van der Waals surface area contributed by atoms with E-state index in [1.807, 2.05) is 18.2 Å². The number of nitrogens with zero attached hydrogens (tertiary/aromatic N) is 2. The third-order valence-electron chi connectivity index (χ3n) is 2.93. The molecule has 4 nitrogen and oxygen atoms in total. The molecule has 0 aliphatic rings. The molecular weight excluding hydrogens is 268 g/mol. The van der Waals surface area contributed by atoms with Crippen LogP contribution in [0.15, 0.2) is 54.9 Å². The fraction of sp³-hybridized carbons (Fsp3) is 0. The lowest BCUT2D eigenvalue weighted by atomic mass is 10.1. The number of nitrogens with one attached hydrogen (secondary N) is 1. The van der Waals surface area contributed by atoms with Gasteiger partial charge in [-0.2, -0.15) is 0 Å². The molecule has 0 saturated carbocycles. The third-order valence-corrected chi connectivity index (χ3v) is 3.14. The molecule has 0 aliphatic carbocycles. The number of anilines is 2. The lowest BCUT2D eigenvalue weighted by Gasteiger charge is -2.07. The highest BCUT2D eigenvalue weighted by molar-refractivity contribution is 7.80. The SMILES string of the molecule is NC(=S)c1cnc(Nc2ccc3ccccc3c2)cn1. The highest BCUT2D eigenvalue weighted by Crippen LogP contribution is 2.21. The summed E-state index contributed by atoms with van der Waals surface area (Å²) < 4.78 is 0. The summed E-state index contributed by atoms with van der Waals surface area (Å²) in [5.74, 6) is 0.653. The summed E-state index contributed by atoms with van der Waals surface area (Å²) in [7, 11) is 0. The predicted octanol–water partition coefficient (Wildman–Crippen LogP) is 3.01. The molecule has 0 radical (unpaired) electrons. The predicted molar refractivity (Wildman–Crippen MR) is 85.2 cm³/mol. The summed E-state index contributed by atoms with van der Waals surface area (Å²) >= 11 is 4.84. The maximum absolute atomic E-state index is 5.49. The van der Waals surface area contributed by atoms with Crippen molar-refractivity contribution < 1.29 is 0 Å². The van der Waals surface area contributed by atoms with Crippen molar-refractivity contribution in [2.24, 2.45) is 5.73 Å². The van der Waals surface area contributed by atoms with Gasteiger partial charge in [-0.05, 0) is 22.9 Å². The van der Waals surface area contributed by atoms with E-state index in [-0.39, 0.29) is 4.99 Å². The Bertz CT molecular complexity index is 768. The highest BCUT2D eigenvalue weighted by Gasteiger charge is 2.01. The molecule has 20 heavy (non-hydrogen) atoms. The lowest BCUT2D eigenvalue weighted by Crippen LogP contribution is -2.12. The summed E-state index contributed by atoms with van der Waals surface area (Å²) in [5.41, 5.74) is 6.96. The Kier molecular flexibility index (Phi) is 3.26. The standard InChI is InChI=1S/C15H12N4S/c16-15(20)13-8-18-14(9-17-13)19-12-6-5-10-3-1-2-4-11(10)7-12/h1-9H,(H2,16,20)(H,18,19). The molecule has 0 saturated heterocycles. The van der Waals surface area contributed by atoms with Crippen molar-refractivity contribution in [2.75, 3.05) is 5.32 Å². The monoisotopic (exact) mass is 280 g/mol. The largest absolute Gasteiger partial charge is 0.388 e. The summed E-state index contributed by atoms with van der Waals surface area (Å²) in [6.07, 6.45) is 3.18. The molecule has 3 aromatic rings. The Balaban J connectivity index is 1.87. The molecule has 98 valence electrons. The second kappa shape index (κ2) is 5.22. The van der Waals surface area contributed by atoms with Crippen LogP contribution in [0.25, 0.3) is 10.8 Å². The molecule has 0 unspecified atom stereocenters. The lowest BCUT2D eigenvalue weighted by molar-refractivity contribution is 1.18. The maximum atomic E-state index is 5.49. The van der Waals surface area contributed by atoms with E-state index < -0.39 is 0 Å². The van der Waals surface area contributed by atoms with Crippen LogP contribution in [0.2, 0.25) is 0 Å². The van der Waals surface area contributed by atoms with Gasteiger partial charge in [0.2, 0.25) is 0 Å². The summed E-state index contributed by atoms with van der Waals surface area (Å²) in [6, 6.07) is 14.3. The zero-order valence-corrected chi connectivity index (χ0v) is 11.4. The number of benzene rings is 2. The molecule has 2 aromatic carbocycles. The van der Waals surface area contributed by atoms with Crippen LogP contribution in [0, 0.1) is 0 Å². The van der Waals surface area contributed by atoms with Crippen molar-refractivity contribution in [1.29, 1.82) is 0 Å². The average molecular weight is 280 g/mol. The Labute approximate surface area is 121 Å². The van der Waals surface area contributed by atoms with Gasteiger partial charge in [-0.3, -0.25) is 0 Å². The van der Waals surface area contributed by atoms with Crippen LogP contribution in [0.1, 0.15) is 5.69 Å². The molecule has 0 fully saturated rings. The molecule has 1 heterocycles. The van der Waals surface area contributed by atoms with Gasteiger partial charge in [0.1, 0.15) is 16.5 Å². The number of fused-ring (bicyclic) bond motifs is 1. The number of hydrogen-bond acceptors (Lipinski definition) is 4. The van der Waals surface area contributed by atoms with Crippen molar-refractivity contribution in [1.82, 2.24) is 9.97 Å². The van der Waals surface area contributed by atoms with Crippen molar-refractivity contribution >= 4 is 39.5 Å². The summed E-state index contributed by atoms with van der Waals surface area (Å²) in [5, 5.41) is 5.58. The fourth-order valence-corrected chi connectivity index (χ4v) is 2.04. The van der Waals surface area contributed by atoms with Crippen molar-refractivity contribution in [3.05, 3.63) is 60.6 Å². The van der Waals surface area contributed by atoms with E-state index in [0.29, 0.717) is 11.5 Å². The first-order valence-corrected chi connectivity index (χ1v) is 6.51. The number of nitrogens with two attached hydrogens (primary N) is 1. The molecule has 3 N–H and O–H groups in total. The van der Waals surface area contributed by atoms with Crippen LogP contribution in [0.3, 0.4) is 0 Å². The maximum Gasteiger partial charge on any atom is 0.148 e. The van der Waals surface area contributed by atoms with Crippen LogP contribution in [0.4, 0.5) is 11.5 Å². The Morgan fingerprint density at radius 1 is 1.00 bits per heavy atom. The van der Waals surface area contributed by atoms with Crippen LogP contribution in [-0.4, -0.2) is 15.0 Å². The Morgan fingerprint density at radius 2 is 1.80 bits per heavy atom. The van der Waals surface area contributed by atoms with Crippen LogP contribution >= 0.6 is 12.2 Å². The van der Waals surface area contributed by atoms with Gasteiger partial charge < -0.3 is 11.1 Å². The van der Waals surface area contributed by atoms with E-state index in [1.54, 1.807) is 12.4 Å². The van der Waals surface area contributed by atoms with E-state index in [0.717, 1.165) is 5.69 Å². The van der Waals surface area contributed by atoms with E-state index in [9.17, 15) is 0 Å². The molecule has 0 spiro atoms. The van der Waals surface area contributed by atoms with Gasteiger partial charge in [-0.15, -0.1) is 0 Å². The van der Waals surface area contributed by atoms with Gasteiger partial charge in [-0.1, -0.05) is 42.5 Å². The van der Waals surface area contributed by atoms with Gasteiger partial charge in [0.15, 0.2) is 0 Å². The van der Waals surface area contributed by atoms with Crippen molar-refractivity contribution in [3.8, 4) is 0 Å². The Hall–Kier alpha value is -2.53. The summed E-state index contributed by atoms with van der Waals surface area (Å²) in [6.45, 7) is 0. The topological polar surface area (TPSA) is 63.8 Å². The number of thiocarbonyl (C=S) groups is 1. The number of rotatable bonds is 3. The summed E-state index contributed by atoms with van der Waals surface area (Å²) in [4.78, 5) is 8.62. The first-order chi connectivity index (χ1) is 9.72. The minimum absolute atomic E-state index is 0.245. The second-order valence-electron chi connectivity index (χ2n) is 4.34. The molecule has 0 amide bonds. The van der Waals surface area contributed by atoms with E-state index in [2.05, 4.69) is 39.6 Å². The molecule has 0 bridgehead atoms. The van der Waals surface area contributed by atoms with Gasteiger partial charge >= 0.3 is 0 Å². The van der Waals surface area contributed by atoms with E-state index in [4.69, 9.17) is 18.0 Å². The highest BCUT2D eigenvalue weighted by atomic mass is 32.1. The quantitative estimate of drug-likeness (QED) is 0.722. The zero-order chi connectivity index (χ0) is 13.9. The minimum atomic E-state index is 0.245. The van der Waals surface area contributed by atoms with Crippen molar-refractivity contribution in [2.45, 2.75) is 0 Å². The van der Waals surface area contributed by atoms with Gasteiger partial charge in [0, 0.05) is 5.69 Å². The first-order valence-electron chi connectivity index (χ1n) is 6.10. The first kappa shape index (κ1) is 12.5. The van der Waals surface area contributed by atoms with Crippen molar-refractivity contribution in [3.63, 3.8) is 0 Å². The molecule has 0 aliphatic heterocycles. The van der Waals surface area contributed by atoms with Crippen LogP contribution in [-0.2, 0) is 0 Å². The zero-order valence-electron chi connectivity index (χ0n) is 10.6. The molecular formula is C15H12N4S. The number of hydrogen-bond donors (Lipinski definition) is 2. The fourth-order valence-electron chi connectivity index (χ4n) is 1.93. The van der Waals surface area contributed by atoms with Crippen LogP contribution < -0.4 is 11.1 Å². The molecule has 5 heteroatoms. The third kappa shape index (κ3) is 2.57. The Morgan fingerprint density at radius 3 is 2.50 bits per heavy atom. The normalized spacial score (nSPS) is 10.4. The second-order valence-corrected chi connectivity index (χ2v) is 4.78. The smallest absolute Gasteiger partial charge is 0.148 e. The van der Waals surface area contributed by atoms with Gasteiger partial charge in [-0.25, -0.2) is 9.97 Å². The molecule has 1 aromatic heterocycles. The van der Waals surface area contributed by atoms with E-state index >= 15 is 0 Å². The average Bonchev–Trinajstić information content (AvgIpc) is 2.48. The van der Waals surface area contributed by atoms with Gasteiger partial charge in [0.25, 0.3) is 0 Å².